The third-order valence-electron chi connectivity index (χ3n) is 2.52. The molecule has 2 unspecified atom stereocenters. The van der Waals surface area contributed by atoms with E-state index in [1.54, 1.807) is 13.8 Å². The maximum atomic E-state index is 11.4. The fourth-order valence-electron chi connectivity index (χ4n) is 1.23. The number of hydrogen-bond donors (Lipinski definition) is 3. The van der Waals surface area contributed by atoms with Crippen molar-refractivity contribution in [3.63, 3.8) is 0 Å². The van der Waals surface area contributed by atoms with Crippen LogP contribution in [-0.4, -0.2) is 34.2 Å². The Morgan fingerprint density at radius 1 is 1.59 bits per heavy atom. The van der Waals surface area contributed by atoms with Gasteiger partial charge in [-0.3, -0.25) is 9.59 Å². The van der Waals surface area contributed by atoms with Crippen LogP contribution in [0.15, 0.2) is 11.1 Å². The van der Waals surface area contributed by atoms with Crippen molar-refractivity contribution in [1.29, 1.82) is 0 Å². The number of aromatic nitrogens is 2. The smallest absolute Gasteiger partial charge is 0.308 e. The maximum absolute atomic E-state index is 11.4. The van der Waals surface area contributed by atoms with Crippen LogP contribution in [0.3, 0.4) is 0 Å². The van der Waals surface area contributed by atoms with Crippen LogP contribution in [0.2, 0.25) is 0 Å². The highest BCUT2D eigenvalue weighted by molar-refractivity contribution is 5.71. The van der Waals surface area contributed by atoms with Crippen LogP contribution in [0.4, 0.5) is 5.82 Å². The van der Waals surface area contributed by atoms with E-state index in [4.69, 9.17) is 9.84 Å². The molecule has 1 rings (SSSR count). The van der Waals surface area contributed by atoms with Crippen LogP contribution in [-0.2, 0) is 4.79 Å². The number of hydrogen-bond acceptors (Lipinski definition) is 5. The highest BCUT2D eigenvalue weighted by atomic mass is 16.5. The average molecular weight is 241 g/mol. The molecule has 2 atom stereocenters. The van der Waals surface area contributed by atoms with Gasteiger partial charge < -0.3 is 20.1 Å². The molecule has 7 nitrogen and oxygen atoms in total. The molecular weight excluding hydrogens is 226 g/mol. The molecule has 0 aromatic carbocycles. The molecule has 0 aliphatic rings. The summed E-state index contributed by atoms with van der Waals surface area (Å²) in [5, 5.41) is 11.7. The summed E-state index contributed by atoms with van der Waals surface area (Å²) >= 11 is 0. The summed E-state index contributed by atoms with van der Waals surface area (Å²) in [6.45, 7) is 3.26. The monoisotopic (exact) mass is 241 g/mol. The predicted molar refractivity (Wildman–Crippen MR) is 61.3 cm³/mol. The SMILES string of the molecule is COc1c(NC(C)C(C)C(=O)O)nc[nH]c1=O. The number of ether oxygens (including phenoxy) is 1. The molecule has 0 radical (unpaired) electrons. The normalized spacial score (nSPS) is 13.8. The van der Waals surface area contributed by atoms with Crippen molar-refractivity contribution in [2.45, 2.75) is 19.9 Å². The zero-order valence-corrected chi connectivity index (χ0v) is 9.85. The Balaban J connectivity index is 2.92. The van der Waals surface area contributed by atoms with Gasteiger partial charge in [-0.2, -0.15) is 0 Å². The van der Waals surface area contributed by atoms with E-state index in [1.807, 2.05) is 0 Å². The number of H-pyrrole nitrogens is 1. The molecule has 0 spiro atoms. The van der Waals surface area contributed by atoms with Crippen LogP contribution >= 0.6 is 0 Å². The summed E-state index contributed by atoms with van der Waals surface area (Å²) in [5.41, 5.74) is -0.417. The Hall–Kier alpha value is -2.05. The highest BCUT2D eigenvalue weighted by Crippen LogP contribution is 2.17. The Morgan fingerprint density at radius 2 is 2.24 bits per heavy atom. The van der Waals surface area contributed by atoms with E-state index >= 15 is 0 Å². The van der Waals surface area contributed by atoms with E-state index in [2.05, 4.69) is 15.3 Å². The number of methoxy groups -OCH3 is 1. The number of aromatic amines is 1. The second-order valence-corrected chi connectivity index (χ2v) is 3.67. The Labute approximate surface area is 97.8 Å². The molecule has 0 saturated carbocycles. The fourth-order valence-corrected chi connectivity index (χ4v) is 1.23. The maximum Gasteiger partial charge on any atom is 0.308 e. The standard InChI is InChI=1S/C10H15N3O4/c1-5(10(15)16)6(2)13-8-7(17-3)9(14)12-4-11-8/h4-6H,1-3H3,(H,15,16)(H2,11,12,13,14). The van der Waals surface area contributed by atoms with Crippen molar-refractivity contribution in [1.82, 2.24) is 9.97 Å². The topological polar surface area (TPSA) is 104 Å². The third kappa shape index (κ3) is 2.96. The molecular formula is C10H15N3O4. The molecule has 7 heteroatoms. The van der Waals surface area contributed by atoms with Gasteiger partial charge >= 0.3 is 5.97 Å². The molecule has 1 heterocycles. The highest BCUT2D eigenvalue weighted by Gasteiger charge is 2.21. The lowest BCUT2D eigenvalue weighted by molar-refractivity contribution is -0.141. The number of anilines is 1. The third-order valence-corrected chi connectivity index (χ3v) is 2.52. The van der Waals surface area contributed by atoms with Gasteiger partial charge in [0, 0.05) is 6.04 Å². The number of aliphatic carboxylic acids is 1. The van der Waals surface area contributed by atoms with Gasteiger partial charge in [0.25, 0.3) is 5.56 Å². The Bertz CT molecular complexity index is 457. The van der Waals surface area contributed by atoms with Crippen molar-refractivity contribution in [3.8, 4) is 5.75 Å². The summed E-state index contributed by atoms with van der Waals surface area (Å²) in [6.07, 6.45) is 1.23. The molecule has 0 amide bonds. The number of carboxylic acid groups (broad SMARTS) is 1. The summed E-state index contributed by atoms with van der Waals surface area (Å²) in [5.74, 6) is -1.26. The molecule has 1 aromatic heterocycles. The lowest BCUT2D eigenvalue weighted by Crippen LogP contribution is -2.31. The minimum absolute atomic E-state index is 0.0388. The van der Waals surface area contributed by atoms with Crippen LogP contribution in [0, 0.1) is 5.92 Å². The quantitative estimate of drug-likeness (QED) is 0.684. The lowest BCUT2D eigenvalue weighted by Gasteiger charge is -2.19. The molecule has 0 saturated heterocycles. The van der Waals surface area contributed by atoms with Gasteiger partial charge in [-0.05, 0) is 13.8 Å². The second-order valence-electron chi connectivity index (χ2n) is 3.67. The number of nitrogens with zero attached hydrogens (tertiary/aromatic N) is 1. The van der Waals surface area contributed by atoms with E-state index in [0.29, 0.717) is 0 Å². The largest absolute Gasteiger partial charge is 0.489 e. The van der Waals surface area contributed by atoms with Crippen molar-refractivity contribution in [2.24, 2.45) is 5.92 Å². The van der Waals surface area contributed by atoms with Crippen molar-refractivity contribution in [2.75, 3.05) is 12.4 Å². The Kier molecular flexibility index (Phi) is 4.08. The first-order valence-corrected chi connectivity index (χ1v) is 5.08. The van der Waals surface area contributed by atoms with Crippen molar-refractivity contribution in [3.05, 3.63) is 16.7 Å². The molecule has 1 aromatic rings. The number of rotatable bonds is 5. The molecule has 0 bridgehead atoms. The zero-order chi connectivity index (χ0) is 13.0. The number of carboxylic acids is 1. The van der Waals surface area contributed by atoms with E-state index in [1.165, 1.54) is 13.4 Å². The first-order valence-electron chi connectivity index (χ1n) is 5.08. The van der Waals surface area contributed by atoms with Crippen LogP contribution in [0.25, 0.3) is 0 Å². The molecule has 94 valence electrons. The summed E-state index contributed by atoms with van der Waals surface area (Å²) in [4.78, 5) is 28.4. The average Bonchev–Trinajstić information content (AvgIpc) is 2.28. The van der Waals surface area contributed by atoms with Crippen LogP contribution in [0.5, 0.6) is 5.75 Å². The molecule has 17 heavy (non-hydrogen) atoms. The molecule has 3 N–H and O–H groups in total. The summed E-state index contributed by atoms with van der Waals surface area (Å²) in [7, 11) is 1.35. The molecule has 0 aliphatic heterocycles. The van der Waals surface area contributed by atoms with E-state index in [-0.39, 0.29) is 17.6 Å². The van der Waals surface area contributed by atoms with Gasteiger partial charge in [-0.15, -0.1) is 0 Å². The Morgan fingerprint density at radius 3 is 2.76 bits per heavy atom. The van der Waals surface area contributed by atoms with Gasteiger partial charge in [0.05, 0.1) is 19.4 Å². The van der Waals surface area contributed by atoms with Crippen LogP contribution < -0.4 is 15.6 Å². The molecule has 0 aliphatic carbocycles. The predicted octanol–water partition coefficient (Wildman–Crippen LogP) is 0.300. The molecule has 0 fully saturated rings. The van der Waals surface area contributed by atoms with Crippen molar-refractivity contribution < 1.29 is 14.6 Å². The lowest BCUT2D eigenvalue weighted by atomic mass is 10.0. The van der Waals surface area contributed by atoms with Gasteiger partial charge in [0.2, 0.25) is 5.75 Å². The van der Waals surface area contributed by atoms with Crippen molar-refractivity contribution >= 4 is 11.8 Å². The minimum atomic E-state index is -0.922. The van der Waals surface area contributed by atoms with Gasteiger partial charge in [-0.25, -0.2) is 4.98 Å². The summed E-state index contributed by atoms with van der Waals surface area (Å²) < 4.78 is 4.90. The van der Waals surface area contributed by atoms with E-state index < -0.39 is 17.4 Å². The fraction of sp³-hybridized carbons (Fsp3) is 0.500. The van der Waals surface area contributed by atoms with Crippen LogP contribution in [0.1, 0.15) is 13.8 Å². The zero-order valence-electron chi connectivity index (χ0n) is 9.85. The second kappa shape index (κ2) is 5.33. The minimum Gasteiger partial charge on any atom is -0.489 e. The first-order chi connectivity index (χ1) is 7.97. The van der Waals surface area contributed by atoms with Gasteiger partial charge in [0.1, 0.15) is 0 Å². The van der Waals surface area contributed by atoms with E-state index in [0.717, 1.165) is 0 Å². The van der Waals surface area contributed by atoms with Gasteiger partial charge in [0.15, 0.2) is 5.82 Å². The van der Waals surface area contributed by atoms with E-state index in [9.17, 15) is 9.59 Å². The number of nitrogens with one attached hydrogen (secondary N) is 2. The summed E-state index contributed by atoms with van der Waals surface area (Å²) in [6, 6.07) is -0.379. The van der Waals surface area contributed by atoms with Gasteiger partial charge in [-0.1, -0.05) is 0 Å². The number of carbonyl (C=O) groups is 1. The first kappa shape index (κ1) is 13.0.